The maximum absolute atomic E-state index is 11.4. The molecule has 0 fully saturated rings. The van der Waals surface area contributed by atoms with Crippen LogP contribution in [0.25, 0.3) is 0 Å². The number of carbonyl (C=O) groups excluding carboxylic acids is 2. The van der Waals surface area contributed by atoms with Crippen molar-refractivity contribution in [3.63, 3.8) is 0 Å². The minimum atomic E-state index is -1.69. The summed E-state index contributed by atoms with van der Waals surface area (Å²) in [4.78, 5) is 34.3. The third kappa shape index (κ3) is 5.67. The summed E-state index contributed by atoms with van der Waals surface area (Å²) >= 11 is 3.68. The van der Waals surface area contributed by atoms with Gasteiger partial charge >= 0.3 is 5.97 Å². The number of rotatable bonds is 8. The molecule has 0 radical (unpaired) electrons. The van der Waals surface area contributed by atoms with Crippen molar-refractivity contribution in [1.29, 1.82) is 0 Å². The van der Waals surface area contributed by atoms with E-state index in [9.17, 15) is 19.5 Å². The number of amides is 2. The van der Waals surface area contributed by atoms with Crippen LogP contribution in [0.15, 0.2) is 0 Å². The number of unbranched alkanes of at least 4 members (excludes halogenated alkanes) is 1. The monoisotopic (exact) mass is 482 g/mol. The molecule has 18 heavy (non-hydrogen) atoms. The Hall–Kier alpha value is -0.130. The normalized spacial score (nSPS) is 10.8. The summed E-state index contributed by atoms with van der Waals surface area (Å²) in [7, 11) is 0. The fraction of sp³-hybridized carbons (Fsp3) is 0.700. The largest absolute Gasteiger partial charge is 0.478 e. The Balaban J connectivity index is 5.07. The summed E-state index contributed by atoms with van der Waals surface area (Å²) < 4.78 is 0.276. The summed E-state index contributed by atoms with van der Waals surface area (Å²) in [6.45, 7) is 1.91. The number of hydrogen-bond acceptors (Lipinski definition) is 3. The van der Waals surface area contributed by atoms with Crippen LogP contribution in [0.1, 0.15) is 26.2 Å². The van der Waals surface area contributed by atoms with Gasteiger partial charge in [-0.15, -0.1) is 0 Å². The van der Waals surface area contributed by atoms with E-state index >= 15 is 0 Å². The van der Waals surface area contributed by atoms with Crippen LogP contribution in [0.2, 0.25) is 0 Å². The van der Waals surface area contributed by atoms with Gasteiger partial charge in [0.2, 0.25) is 17.5 Å². The molecule has 2 amide bonds. The summed E-state index contributed by atoms with van der Waals surface area (Å²) in [6.07, 6.45) is 1.54. The van der Waals surface area contributed by atoms with Crippen LogP contribution in [0.4, 0.5) is 0 Å². The maximum Gasteiger partial charge on any atom is 0.350 e. The van der Waals surface area contributed by atoms with E-state index < -0.39 is 23.4 Å². The van der Waals surface area contributed by atoms with Crippen molar-refractivity contribution in [3.8, 4) is 0 Å². The van der Waals surface area contributed by atoms with Crippen molar-refractivity contribution in [2.45, 2.75) is 31.8 Å². The minimum absolute atomic E-state index is 0.138. The zero-order valence-corrected chi connectivity index (χ0v) is 14.3. The average Bonchev–Trinajstić information content (AvgIpc) is 2.35. The molecule has 0 aliphatic carbocycles. The predicted octanol–water partition coefficient (Wildman–Crippen LogP) is 1.06. The van der Waals surface area contributed by atoms with E-state index in [0.29, 0.717) is 6.42 Å². The Bertz CT molecular complexity index is 305. The van der Waals surface area contributed by atoms with E-state index in [1.54, 1.807) is 0 Å². The lowest BCUT2D eigenvalue weighted by Crippen LogP contribution is -2.66. The molecular formula is C10H16I2N2O4. The van der Waals surface area contributed by atoms with E-state index in [-0.39, 0.29) is 15.3 Å². The minimum Gasteiger partial charge on any atom is -0.478 e. The van der Waals surface area contributed by atoms with Crippen LogP contribution in [0.3, 0.4) is 0 Å². The van der Waals surface area contributed by atoms with Gasteiger partial charge in [-0.2, -0.15) is 0 Å². The first kappa shape index (κ1) is 17.9. The maximum atomic E-state index is 11.4. The first-order valence-corrected chi connectivity index (χ1v) is 8.44. The Morgan fingerprint density at radius 2 is 1.56 bits per heavy atom. The Kier molecular flexibility index (Phi) is 8.82. The Morgan fingerprint density at radius 1 is 1.11 bits per heavy atom. The lowest BCUT2D eigenvalue weighted by molar-refractivity contribution is -0.151. The number of carbonyl (C=O) groups is 3. The lowest BCUT2D eigenvalue weighted by atomic mass is 10.0. The van der Waals surface area contributed by atoms with Crippen LogP contribution in [-0.2, 0) is 14.4 Å². The lowest BCUT2D eigenvalue weighted by Gasteiger charge is -2.31. The second kappa shape index (κ2) is 8.88. The van der Waals surface area contributed by atoms with Gasteiger partial charge in [-0.1, -0.05) is 58.5 Å². The van der Waals surface area contributed by atoms with Crippen molar-refractivity contribution >= 4 is 63.0 Å². The van der Waals surface area contributed by atoms with Crippen molar-refractivity contribution in [2.24, 2.45) is 0 Å². The molecule has 0 rings (SSSR count). The van der Waals surface area contributed by atoms with Crippen LogP contribution in [0.5, 0.6) is 0 Å². The van der Waals surface area contributed by atoms with Gasteiger partial charge in [0.25, 0.3) is 0 Å². The van der Waals surface area contributed by atoms with Gasteiger partial charge in [0.15, 0.2) is 0 Å². The van der Waals surface area contributed by atoms with Crippen molar-refractivity contribution in [3.05, 3.63) is 0 Å². The van der Waals surface area contributed by atoms with Gasteiger partial charge in [0.1, 0.15) is 0 Å². The van der Waals surface area contributed by atoms with Gasteiger partial charge in [-0.25, -0.2) is 4.79 Å². The molecule has 0 unspecified atom stereocenters. The smallest absolute Gasteiger partial charge is 0.350 e. The molecule has 6 nitrogen and oxygen atoms in total. The van der Waals surface area contributed by atoms with Gasteiger partial charge in [0, 0.05) is 6.42 Å². The molecular weight excluding hydrogens is 466 g/mol. The molecule has 0 aromatic heterocycles. The number of alkyl halides is 2. The van der Waals surface area contributed by atoms with E-state index in [2.05, 4.69) is 10.6 Å². The summed E-state index contributed by atoms with van der Waals surface area (Å²) in [5.74, 6) is -2.07. The number of halogens is 2. The number of nitrogens with one attached hydrogen (secondary N) is 2. The highest BCUT2D eigenvalue weighted by molar-refractivity contribution is 14.1. The van der Waals surface area contributed by atoms with Crippen LogP contribution < -0.4 is 10.6 Å². The van der Waals surface area contributed by atoms with E-state index in [0.717, 1.165) is 6.42 Å². The fourth-order valence-electron chi connectivity index (χ4n) is 1.35. The number of aliphatic carboxylic acids is 1. The molecule has 0 aromatic rings. The van der Waals surface area contributed by atoms with Crippen molar-refractivity contribution in [2.75, 3.05) is 8.86 Å². The standard InChI is InChI=1S/C10H16I2N2O4/c1-2-3-4-10(9(17)18,13-7(15)5-11)14-8(16)6-12/h2-6H2,1H3,(H,13,15)(H,14,16)(H,17,18). The highest BCUT2D eigenvalue weighted by Gasteiger charge is 2.40. The SMILES string of the molecule is CCCCC(NC(=O)CI)(NC(=O)CI)C(=O)O. The van der Waals surface area contributed by atoms with Crippen LogP contribution in [-0.4, -0.2) is 37.4 Å². The second-order valence-electron chi connectivity index (χ2n) is 3.68. The Labute approximate surface area is 133 Å². The zero-order valence-electron chi connectivity index (χ0n) is 9.96. The molecule has 0 saturated carbocycles. The molecule has 104 valence electrons. The van der Waals surface area contributed by atoms with Gasteiger partial charge in [-0.05, 0) is 6.42 Å². The van der Waals surface area contributed by atoms with Crippen LogP contribution >= 0.6 is 45.2 Å². The predicted molar refractivity (Wildman–Crippen MR) is 84.0 cm³/mol. The third-order valence-corrected chi connectivity index (χ3v) is 3.60. The van der Waals surface area contributed by atoms with Gasteiger partial charge in [-0.3, -0.25) is 9.59 Å². The van der Waals surface area contributed by atoms with Crippen LogP contribution in [0, 0.1) is 0 Å². The van der Waals surface area contributed by atoms with E-state index in [1.807, 2.05) is 52.1 Å². The highest BCUT2D eigenvalue weighted by atomic mass is 127. The third-order valence-electron chi connectivity index (χ3n) is 2.22. The van der Waals surface area contributed by atoms with Gasteiger partial charge in [0.05, 0.1) is 8.86 Å². The first-order valence-electron chi connectivity index (χ1n) is 5.39. The molecule has 8 heteroatoms. The Morgan fingerprint density at radius 3 is 1.83 bits per heavy atom. The number of carboxylic acids is 1. The van der Waals surface area contributed by atoms with Crippen molar-refractivity contribution in [1.82, 2.24) is 10.6 Å². The molecule has 0 heterocycles. The number of hydrogen-bond donors (Lipinski definition) is 3. The zero-order chi connectivity index (χ0) is 14.2. The quantitative estimate of drug-likeness (QED) is 0.274. The molecule has 0 aliphatic heterocycles. The fourth-order valence-corrected chi connectivity index (χ4v) is 1.74. The molecule has 0 atom stereocenters. The highest BCUT2D eigenvalue weighted by Crippen LogP contribution is 2.13. The van der Waals surface area contributed by atoms with E-state index in [4.69, 9.17) is 0 Å². The topological polar surface area (TPSA) is 95.5 Å². The summed E-state index contributed by atoms with van der Waals surface area (Å²) in [5, 5.41) is 14.1. The molecule has 3 N–H and O–H groups in total. The van der Waals surface area contributed by atoms with Gasteiger partial charge < -0.3 is 15.7 Å². The molecule has 0 aromatic carbocycles. The summed E-state index contributed by atoms with van der Waals surface area (Å²) in [6, 6.07) is 0. The number of carboxylic acid groups (broad SMARTS) is 1. The molecule has 0 spiro atoms. The van der Waals surface area contributed by atoms with E-state index in [1.165, 1.54) is 0 Å². The summed E-state index contributed by atoms with van der Waals surface area (Å²) in [5.41, 5.74) is -1.69. The molecule has 0 saturated heterocycles. The second-order valence-corrected chi connectivity index (χ2v) is 5.20. The average molecular weight is 482 g/mol. The first-order chi connectivity index (χ1) is 8.41. The molecule has 0 bridgehead atoms. The molecule has 0 aliphatic rings. The van der Waals surface area contributed by atoms with Crippen molar-refractivity contribution < 1.29 is 19.5 Å².